The molecule has 0 saturated carbocycles. The number of fused-ring (bicyclic) bond motifs is 1. The van der Waals surface area contributed by atoms with Gasteiger partial charge in [-0.3, -0.25) is 0 Å². The van der Waals surface area contributed by atoms with Crippen molar-refractivity contribution in [2.24, 2.45) is 0 Å². The quantitative estimate of drug-likeness (QED) is 0.769. The molecular weight excluding hydrogens is 236 g/mol. The highest BCUT2D eigenvalue weighted by atomic mass is 35.5. The lowest BCUT2D eigenvalue weighted by molar-refractivity contribution is 0.593. The van der Waals surface area contributed by atoms with Crippen LogP contribution in [0.2, 0.25) is 5.02 Å². The van der Waals surface area contributed by atoms with Gasteiger partial charge in [0.1, 0.15) is 5.82 Å². The minimum Gasteiger partial charge on any atom is -0.232 e. The highest BCUT2D eigenvalue weighted by Gasteiger charge is 2.15. The molecule has 2 aromatic rings. The average Bonchev–Trinajstić information content (AvgIpc) is 2.38. The molecule has 0 aliphatic rings. The topological polar surface area (TPSA) is 52.0 Å². The van der Waals surface area contributed by atoms with E-state index in [1.807, 2.05) is 0 Å². The molecule has 0 amide bonds. The van der Waals surface area contributed by atoms with E-state index in [0.717, 1.165) is 6.26 Å². The third-order valence-corrected chi connectivity index (χ3v) is 3.42. The fourth-order valence-electron chi connectivity index (χ4n) is 1.57. The van der Waals surface area contributed by atoms with Gasteiger partial charge in [-0.25, -0.2) is 17.4 Å². The minimum absolute atomic E-state index is 0.440. The Labute approximate surface area is 92.5 Å². The lowest BCUT2D eigenvalue weighted by Gasteiger charge is -2.02. The van der Waals surface area contributed by atoms with Crippen LogP contribution in [-0.4, -0.2) is 23.6 Å². The van der Waals surface area contributed by atoms with Crippen LogP contribution in [0.25, 0.3) is 11.0 Å². The van der Waals surface area contributed by atoms with Crippen molar-refractivity contribution in [3.05, 3.63) is 29.0 Å². The maximum atomic E-state index is 11.5. The van der Waals surface area contributed by atoms with Crippen molar-refractivity contribution >= 4 is 32.7 Å². The number of hydrogen-bond acceptors (Lipinski definition) is 3. The van der Waals surface area contributed by atoms with E-state index in [1.54, 1.807) is 25.1 Å². The van der Waals surface area contributed by atoms with Crippen LogP contribution in [0.15, 0.2) is 18.2 Å². The van der Waals surface area contributed by atoms with E-state index in [9.17, 15) is 8.42 Å². The molecule has 0 unspecified atom stereocenters. The average molecular weight is 245 g/mol. The van der Waals surface area contributed by atoms with Gasteiger partial charge in [-0.2, -0.15) is 0 Å². The van der Waals surface area contributed by atoms with Crippen LogP contribution in [0, 0.1) is 6.92 Å². The number of rotatable bonds is 1. The van der Waals surface area contributed by atoms with Crippen LogP contribution in [0.4, 0.5) is 0 Å². The molecule has 6 heteroatoms. The Balaban J connectivity index is 2.95. The first-order valence-corrected chi connectivity index (χ1v) is 6.47. The van der Waals surface area contributed by atoms with Gasteiger partial charge in [0.15, 0.2) is 0 Å². The monoisotopic (exact) mass is 244 g/mol. The molecule has 0 radical (unpaired) electrons. The van der Waals surface area contributed by atoms with Crippen molar-refractivity contribution in [2.75, 3.05) is 6.26 Å². The summed E-state index contributed by atoms with van der Waals surface area (Å²) < 4.78 is 24.2. The second-order valence-electron chi connectivity index (χ2n) is 3.32. The molecule has 0 saturated heterocycles. The molecule has 0 aliphatic heterocycles. The van der Waals surface area contributed by atoms with Crippen LogP contribution in [0.1, 0.15) is 5.82 Å². The summed E-state index contributed by atoms with van der Waals surface area (Å²) in [6, 6.07) is 4.98. The van der Waals surface area contributed by atoms with Gasteiger partial charge in [-0.1, -0.05) is 11.6 Å². The van der Waals surface area contributed by atoms with Gasteiger partial charge in [0, 0.05) is 5.02 Å². The summed E-state index contributed by atoms with van der Waals surface area (Å²) >= 11 is 5.81. The molecule has 0 N–H and O–H groups in total. The van der Waals surface area contributed by atoms with Crippen LogP contribution in [-0.2, 0) is 10.0 Å². The van der Waals surface area contributed by atoms with Gasteiger partial charge < -0.3 is 0 Å². The van der Waals surface area contributed by atoms with E-state index in [2.05, 4.69) is 4.98 Å². The Bertz CT molecular complexity index is 631. The maximum absolute atomic E-state index is 11.5. The number of aryl methyl sites for hydroxylation is 1. The third kappa shape index (κ3) is 1.72. The van der Waals surface area contributed by atoms with E-state index < -0.39 is 10.0 Å². The van der Waals surface area contributed by atoms with Crippen molar-refractivity contribution in [1.29, 1.82) is 0 Å². The van der Waals surface area contributed by atoms with Gasteiger partial charge in [-0.15, -0.1) is 0 Å². The van der Waals surface area contributed by atoms with Crippen LogP contribution < -0.4 is 0 Å². The fourth-order valence-corrected chi connectivity index (χ4v) is 2.76. The number of imidazole rings is 1. The molecule has 2 rings (SSSR count). The van der Waals surface area contributed by atoms with E-state index in [4.69, 9.17) is 11.6 Å². The SMILES string of the molecule is Cc1nc2ccc(Cl)cc2n1S(C)(=O)=O. The smallest absolute Gasteiger partial charge is 0.232 e. The van der Waals surface area contributed by atoms with Crippen LogP contribution in [0.3, 0.4) is 0 Å². The summed E-state index contributed by atoms with van der Waals surface area (Å²) in [6.45, 7) is 1.65. The Morgan fingerprint density at radius 3 is 2.67 bits per heavy atom. The lowest BCUT2D eigenvalue weighted by atomic mass is 10.3. The Hall–Kier alpha value is -1.07. The number of halogens is 1. The molecule has 0 aliphatic carbocycles. The molecule has 4 nitrogen and oxygen atoms in total. The largest absolute Gasteiger partial charge is 0.237 e. The van der Waals surface area contributed by atoms with Crippen molar-refractivity contribution in [2.45, 2.75) is 6.92 Å². The third-order valence-electron chi connectivity index (χ3n) is 2.06. The Morgan fingerprint density at radius 2 is 2.07 bits per heavy atom. The van der Waals surface area contributed by atoms with Crippen molar-refractivity contribution in [3.8, 4) is 0 Å². The number of nitrogens with zero attached hydrogens (tertiary/aromatic N) is 2. The zero-order valence-electron chi connectivity index (χ0n) is 8.23. The van der Waals surface area contributed by atoms with Crippen molar-refractivity contribution < 1.29 is 8.42 Å². The lowest BCUT2D eigenvalue weighted by Crippen LogP contribution is -2.11. The van der Waals surface area contributed by atoms with Gasteiger partial charge in [0.25, 0.3) is 0 Å². The maximum Gasteiger partial charge on any atom is 0.237 e. The summed E-state index contributed by atoms with van der Waals surface area (Å²) in [6.07, 6.45) is 1.14. The summed E-state index contributed by atoms with van der Waals surface area (Å²) in [7, 11) is -3.34. The second-order valence-corrected chi connectivity index (χ2v) is 5.59. The molecule has 80 valence electrons. The van der Waals surface area contributed by atoms with Gasteiger partial charge in [0.2, 0.25) is 10.0 Å². The summed E-state index contributed by atoms with van der Waals surface area (Å²) in [5.74, 6) is 0.440. The van der Waals surface area contributed by atoms with Crippen LogP contribution in [0.5, 0.6) is 0 Å². The second kappa shape index (κ2) is 3.21. The first kappa shape index (κ1) is 10.4. The van der Waals surface area contributed by atoms with E-state index in [0.29, 0.717) is 21.9 Å². The van der Waals surface area contributed by atoms with E-state index in [-0.39, 0.29) is 0 Å². The first-order valence-electron chi connectivity index (χ1n) is 4.25. The number of benzene rings is 1. The predicted molar refractivity (Wildman–Crippen MR) is 59.7 cm³/mol. The molecule has 1 aromatic heterocycles. The van der Waals surface area contributed by atoms with Crippen LogP contribution >= 0.6 is 11.6 Å². The molecule has 0 spiro atoms. The van der Waals surface area contributed by atoms with E-state index >= 15 is 0 Å². The van der Waals surface area contributed by atoms with Crippen molar-refractivity contribution in [1.82, 2.24) is 8.96 Å². The first-order chi connectivity index (χ1) is 6.89. The Kier molecular flexibility index (Phi) is 2.24. The van der Waals surface area contributed by atoms with Gasteiger partial charge in [-0.05, 0) is 25.1 Å². The molecule has 0 bridgehead atoms. The molecule has 0 fully saturated rings. The summed E-state index contributed by atoms with van der Waals surface area (Å²) in [5.41, 5.74) is 1.14. The fraction of sp³-hybridized carbons (Fsp3) is 0.222. The highest BCUT2D eigenvalue weighted by Crippen LogP contribution is 2.21. The zero-order valence-corrected chi connectivity index (χ0v) is 9.80. The molecule has 0 atom stereocenters. The number of hydrogen-bond donors (Lipinski definition) is 0. The number of aromatic nitrogens is 2. The molecular formula is C9H9ClN2O2S. The van der Waals surface area contributed by atoms with Gasteiger partial charge >= 0.3 is 0 Å². The van der Waals surface area contributed by atoms with E-state index in [1.165, 1.54) is 3.97 Å². The zero-order chi connectivity index (χ0) is 11.2. The summed E-state index contributed by atoms with van der Waals surface area (Å²) in [5, 5.41) is 0.493. The molecule has 1 heterocycles. The van der Waals surface area contributed by atoms with Gasteiger partial charge in [0.05, 0.1) is 17.3 Å². The molecule has 1 aromatic carbocycles. The minimum atomic E-state index is -3.34. The predicted octanol–water partition coefficient (Wildman–Crippen LogP) is 1.81. The summed E-state index contributed by atoms with van der Waals surface area (Å²) in [4.78, 5) is 4.15. The molecule has 15 heavy (non-hydrogen) atoms. The highest BCUT2D eigenvalue weighted by molar-refractivity contribution is 7.89. The standard InChI is InChI=1S/C9H9ClN2O2S/c1-6-11-8-4-3-7(10)5-9(8)12(6)15(2,13)14/h3-5H,1-2H3. The Morgan fingerprint density at radius 1 is 1.40 bits per heavy atom. The van der Waals surface area contributed by atoms with Crippen molar-refractivity contribution in [3.63, 3.8) is 0 Å². The normalized spacial score (nSPS) is 12.2.